The largest absolute Gasteiger partial charge is 0.383 e. The number of nitrogens with one attached hydrogen (secondary N) is 1. The normalized spacial score (nSPS) is 12.8. The first-order valence-corrected chi connectivity index (χ1v) is 10.7. The number of thiophene rings is 1. The fourth-order valence-electron chi connectivity index (χ4n) is 2.59. The molecule has 2 N–H and O–H groups in total. The molecule has 0 aliphatic rings. The molecule has 0 amide bonds. The molecule has 1 unspecified atom stereocenters. The van der Waals surface area contributed by atoms with E-state index in [1.54, 1.807) is 12.1 Å². The first-order chi connectivity index (χ1) is 12.5. The van der Waals surface area contributed by atoms with Gasteiger partial charge in [0.25, 0.3) is 0 Å². The molecule has 0 saturated carbocycles. The van der Waals surface area contributed by atoms with Crippen molar-refractivity contribution in [3.05, 3.63) is 87.6 Å². The molecular weight excluding hydrogens is 366 g/mol. The molecule has 1 heterocycles. The van der Waals surface area contributed by atoms with Crippen molar-refractivity contribution in [2.75, 3.05) is 0 Å². The molecule has 0 radical (unpaired) electrons. The van der Waals surface area contributed by atoms with Gasteiger partial charge >= 0.3 is 0 Å². The number of aliphatic hydroxyl groups excluding tert-OH is 1. The smallest absolute Gasteiger partial charge is 0.240 e. The first kappa shape index (κ1) is 18.8. The summed E-state index contributed by atoms with van der Waals surface area (Å²) in [5.41, 5.74) is 1.92. The van der Waals surface area contributed by atoms with E-state index < -0.39 is 16.1 Å². The third-order valence-corrected chi connectivity index (χ3v) is 6.70. The monoisotopic (exact) mass is 387 g/mol. The summed E-state index contributed by atoms with van der Waals surface area (Å²) in [7, 11) is -3.55. The van der Waals surface area contributed by atoms with Gasteiger partial charge in [0.05, 0.1) is 4.90 Å². The van der Waals surface area contributed by atoms with Crippen molar-refractivity contribution in [3.8, 4) is 0 Å². The highest BCUT2D eigenvalue weighted by atomic mass is 32.2. The summed E-state index contributed by atoms with van der Waals surface area (Å²) >= 11 is 1.40. The maximum atomic E-state index is 12.4. The molecule has 0 fully saturated rings. The van der Waals surface area contributed by atoms with Crippen LogP contribution in [0, 0.1) is 0 Å². The molecule has 0 saturated heterocycles. The summed E-state index contributed by atoms with van der Waals surface area (Å²) < 4.78 is 27.4. The van der Waals surface area contributed by atoms with Crippen LogP contribution in [0.25, 0.3) is 0 Å². The minimum absolute atomic E-state index is 0.198. The summed E-state index contributed by atoms with van der Waals surface area (Å²) in [5, 5.41) is 10.4. The lowest BCUT2D eigenvalue weighted by molar-refractivity contribution is 0.224. The predicted molar refractivity (Wildman–Crippen MR) is 105 cm³/mol. The van der Waals surface area contributed by atoms with Crippen LogP contribution in [-0.2, 0) is 23.0 Å². The van der Waals surface area contributed by atoms with Crippen LogP contribution in [0.4, 0.5) is 0 Å². The van der Waals surface area contributed by atoms with Gasteiger partial charge in [0.2, 0.25) is 10.0 Å². The van der Waals surface area contributed by atoms with Gasteiger partial charge in [-0.2, -0.15) is 0 Å². The van der Waals surface area contributed by atoms with Crippen molar-refractivity contribution in [2.45, 2.75) is 30.9 Å². The Morgan fingerprint density at radius 2 is 1.69 bits per heavy atom. The lowest BCUT2D eigenvalue weighted by Gasteiger charge is -2.08. The Morgan fingerprint density at radius 3 is 2.35 bits per heavy atom. The quantitative estimate of drug-likeness (QED) is 0.647. The number of hydrogen-bond acceptors (Lipinski definition) is 4. The molecule has 3 rings (SSSR count). The molecule has 136 valence electrons. The van der Waals surface area contributed by atoms with E-state index in [0.717, 1.165) is 27.3 Å². The maximum Gasteiger partial charge on any atom is 0.240 e. The van der Waals surface area contributed by atoms with Gasteiger partial charge in [-0.05, 0) is 41.8 Å². The average molecular weight is 388 g/mol. The molecule has 0 bridgehead atoms. The second-order valence-corrected chi connectivity index (χ2v) is 8.91. The van der Waals surface area contributed by atoms with Gasteiger partial charge in [0.1, 0.15) is 6.10 Å². The molecule has 2 aromatic carbocycles. The zero-order valence-electron chi connectivity index (χ0n) is 14.4. The molecular formula is C20H21NO3S2. The minimum Gasteiger partial charge on any atom is -0.383 e. The Hall–Kier alpha value is -1.99. The number of hydrogen-bond donors (Lipinski definition) is 2. The third-order valence-electron chi connectivity index (χ3n) is 4.15. The van der Waals surface area contributed by atoms with Crippen LogP contribution in [0.2, 0.25) is 0 Å². The molecule has 0 spiro atoms. The highest BCUT2D eigenvalue weighted by Crippen LogP contribution is 2.28. The van der Waals surface area contributed by atoms with Crippen molar-refractivity contribution in [2.24, 2.45) is 0 Å². The van der Waals surface area contributed by atoms with Crippen molar-refractivity contribution < 1.29 is 13.5 Å². The van der Waals surface area contributed by atoms with E-state index in [4.69, 9.17) is 0 Å². The minimum atomic E-state index is -3.55. The van der Waals surface area contributed by atoms with Crippen LogP contribution in [0.1, 0.15) is 33.9 Å². The molecule has 4 nitrogen and oxygen atoms in total. The molecule has 26 heavy (non-hydrogen) atoms. The predicted octanol–water partition coefficient (Wildman–Crippen LogP) is 3.87. The summed E-state index contributed by atoms with van der Waals surface area (Å²) in [5.74, 6) is 0. The Bertz CT molecular complexity index is 948. The molecule has 1 atom stereocenters. The average Bonchev–Trinajstić information content (AvgIpc) is 3.16. The third kappa shape index (κ3) is 4.40. The summed E-state index contributed by atoms with van der Waals surface area (Å²) in [6, 6.07) is 20.0. The SMILES string of the molecule is CCc1ccc(S(=O)(=O)NCc2ccc(C(O)c3ccccc3)s2)cc1. The number of rotatable bonds is 7. The van der Waals surface area contributed by atoms with Crippen LogP contribution in [0.5, 0.6) is 0 Å². The second-order valence-electron chi connectivity index (χ2n) is 5.94. The fourth-order valence-corrected chi connectivity index (χ4v) is 4.65. The Kier molecular flexibility index (Phi) is 5.88. The van der Waals surface area contributed by atoms with E-state index >= 15 is 0 Å². The first-order valence-electron chi connectivity index (χ1n) is 8.40. The number of benzene rings is 2. The van der Waals surface area contributed by atoms with Crippen LogP contribution in [-0.4, -0.2) is 13.5 Å². The van der Waals surface area contributed by atoms with Gasteiger partial charge in [-0.1, -0.05) is 49.4 Å². The van der Waals surface area contributed by atoms with Gasteiger partial charge in [0.15, 0.2) is 0 Å². The van der Waals surface area contributed by atoms with E-state index in [9.17, 15) is 13.5 Å². The summed E-state index contributed by atoms with van der Waals surface area (Å²) in [4.78, 5) is 1.90. The van der Waals surface area contributed by atoms with E-state index in [-0.39, 0.29) is 11.4 Å². The number of aryl methyl sites for hydroxylation is 1. The highest BCUT2D eigenvalue weighted by Gasteiger charge is 2.16. The highest BCUT2D eigenvalue weighted by molar-refractivity contribution is 7.89. The van der Waals surface area contributed by atoms with Crippen molar-refractivity contribution >= 4 is 21.4 Å². The number of sulfonamides is 1. The molecule has 0 aliphatic heterocycles. The summed E-state index contributed by atoms with van der Waals surface area (Å²) in [6.07, 6.45) is 0.170. The summed E-state index contributed by atoms with van der Waals surface area (Å²) in [6.45, 7) is 2.23. The van der Waals surface area contributed by atoms with Gasteiger partial charge < -0.3 is 5.11 Å². The van der Waals surface area contributed by atoms with Crippen molar-refractivity contribution in [1.29, 1.82) is 0 Å². The van der Waals surface area contributed by atoms with Gasteiger partial charge in [-0.3, -0.25) is 0 Å². The maximum absolute atomic E-state index is 12.4. The Balaban J connectivity index is 1.67. The zero-order chi connectivity index (χ0) is 18.6. The Morgan fingerprint density at radius 1 is 1.00 bits per heavy atom. The van der Waals surface area contributed by atoms with E-state index in [1.165, 1.54) is 11.3 Å². The van der Waals surface area contributed by atoms with Crippen LogP contribution >= 0.6 is 11.3 Å². The van der Waals surface area contributed by atoms with E-state index in [0.29, 0.717) is 0 Å². The molecule has 6 heteroatoms. The van der Waals surface area contributed by atoms with Crippen molar-refractivity contribution in [1.82, 2.24) is 4.72 Å². The zero-order valence-corrected chi connectivity index (χ0v) is 16.1. The van der Waals surface area contributed by atoms with Gasteiger partial charge in [-0.15, -0.1) is 11.3 Å². The topological polar surface area (TPSA) is 66.4 Å². The van der Waals surface area contributed by atoms with E-state index in [2.05, 4.69) is 4.72 Å². The van der Waals surface area contributed by atoms with Crippen molar-refractivity contribution in [3.63, 3.8) is 0 Å². The lowest BCUT2D eigenvalue weighted by atomic mass is 10.1. The van der Waals surface area contributed by atoms with Gasteiger partial charge in [-0.25, -0.2) is 13.1 Å². The Labute approximate surface area is 158 Å². The molecule has 1 aromatic heterocycles. The molecule has 0 aliphatic carbocycles. The number of aliphatic hydroxyl groups is 1. The van der Waals surface area contributed by atoms with E-state index in [1.807, 2.05) is 61.5 Å². The van der Waals surface area contributed by atoms with Crippen LogP contribution in [0.3, 0.4) is 0 Å². The fraction of sp³-hybridized carbons (Fsp3) is 0.200. The van der Waals surface area contributed by atoms with Crippen LogP contribution < -0.4 is 4.72 Å². The standard InChI is InChI=1S/C20H21NO3S2/c1-2-15-8-11-18(12-9-15)26(23,24)21-14-17-10-13-19(25-17)20(22)16-6-4-3-5-7-16/h3-13,20-22H,2,14H2,1H3. The molecule has 3 aromatic rings. The lowest BCUT2D eigenvalue weighted by Crippen LogP contribution is -2.22. The second kappa shape index (κ2) is 8.14. The van der Waals surface area contributed by atoms with Crippen LogP contribution in [0.15, 0.2) is 71.6 Å². The van der Waals surface area contributed by atoms with Gasteiger partial charge in [0, 0.05) is 16.3 Å².